The average Bonchev–Trinajstić information content (AvgIpc) is 3.62. The smallest absolute Gasteiger partial charge is 0.204 e. The molecule has 4 N–H and O–H groups in total. The standard InChI is InChI=1S/C23H27F2N7O5S/c1-2-7-38-23-27-21(26-17-9-14(30-37-17)11-3-4-12(24)13(25)8-11)18-22(28-23)32(31-29-18)15-10-16(36-6-5-33)20(35)19(15)34/h3-4,8,15-17,19-20,33-35H,2,5-7,9-10H2,1H3,(H,26,27,28)/t15-,16+,17?,19+,20-/m1/s1. The Balaban J connectivity index is 1.40. The van der Waals surface area contributed by atoms with Crippen LogP contribution in [0.5, 0.6) is 0 Å². The van der Waals surface area contributed by atoms with Crippen LogP contribution in [0.1, 0.15) is 37.8 Å². The van der Waals surface area contributed by atoms with Gasteiger partial charge in [-0.25, -0.2) is 23.4 Å². The highest BCUT2D eigenvalue weighted by Gasteiger charge is 2.44. The van der Waals surface area contributed by atoms with E-state index in [-0.39, 0.29) is 26.1 Å². The maximum absolute atomic E-state index is 13.7. The molecule has 0 bridgehead atoms. The fourth-order valence-electron chi connectivity index (χ4n) is 4.43. The van der Waals surface area contributed by atoms with Crippen LogP contribution in [0.2, 0.25) is 0 Å². The van der Waals surface area contributed by atoms with Crippen LogP contribution in [-0.4, -0.2) is 89.5 Å². The van der Waals surface area contributed by atoms with Crippen molar-refractivity contribution in [1.82, 2.24) is 25.0 Å². The molecule has 5 rings (SSSR count). The summed E-state index contributed by atoms with van der Waals surface area (Å²) in [5.74, 6) is -0.834. The van der Waals surface area contributed by atoms with Crippen LogP contribution in [0.15, 0.2) is 28.5 Å². The molecule has 38 heavy (non-hydrogen) atoms. The summed E-state index contributed by atoms with van der Waals surface area (Å²) >= 11 is 1.43. The molecule has 1 saturated carbocycles. The van der Waals surface area contributed by atoms with Crippen molar-refractivity contribution in [3.63, 3.8) is 0 Å². The zero-order valence-electron chi connectivity index (χ0n) is 20.4. The fourth-order valence-corrected chi connectivity index (χ4v) is 5.12. The van der Waals surface area contributed by atoms with Crippen molar-refractivity contribution in [3.8, 4) is 0 Å². The Hall–Kier alpha value is -2.98. The van der Waals surface area contributed by atoms with Crippen LogP contribution in [0.25, 0.3) is 11.2 Å². The Kier molecular flexibility index (Phi) is 7.99. The Labute approximate surface area is 220 Å². The highest BCUT2D eigenvalue weighted by atomic mass is 32.2. The lowest BCUT2D eigenvalue weighted by Crippen LogP contribution is -2.33. The monoisotopic (exact) mass is 551 g/mol. The molecule has 0 radical (unpaired) electrons. The number of benzene rings is 1. The van der Waals surface area contributed by atoms with Crippen LogP contribution in [0.3, 0.4) is 0 Å². The van der Waals surface area contributed by atoms with Crippen molar-refractivity contribution in [1.29, 1.82) is 0 Å². The van der Waals surface area contributed by atoms with E-state index >= 15 is 0 Å². The van der Waals surface area contributed by atoms with E-state index in [4.69, 9.17) is 14.7 Å². The number of hydrogen-bond acceptors (Lipinski definition) is 12. The number of oxime groups is 1. The highest BCUT2D eigenvalue weighted by Crippen LogP contribution is 2.35. The summed E-state index contributed by atoms with van der Waals surface area (Å²) < 4.78 is 33.9. The first kappa shape index (κ1) is 26.6. The quantitative estimate of drug-likeness (QED) is 0.214. The second-order valence-corrected chi connectivity index (χ2v) is 10.00. The summed E-state index contributed by atoms with van der Waals surface area (Å²) in [7, 11) is 0. The van der Waals surface area contributed by atoms with E-state index in [1.807, 2.05) is 6.92 Å². The Morgan fingerprint density at radius 3 is 2.82 bits per heavy atom. The molecular weight excluding hydrogens is 524 g/mol. The number of nitrogens with zero attached hydrogens (tertiary/aromatic N) is 6. The van der Waals surface area contributed by atoms with Gasteiger partial charge in [-0.3, -0.25) is 0 Å². The Morgan fingerprint density at radius 1 is 1.21 bits per heavy atom. The van der Waals surface area contributed by atoms with Gasteiger partial charge >= 0.3 is 0 Å². The van der Waals surface area contributed by atoms with Gasteiger partial charge in [0.15, 0.2) is 33.8 Å². The number of fused-ring (bicyclic) bond motifs is 1. The molecule has 5 atom stereocenters. The van der Waals surface area contributed by atoms with Gasteiger partial charge in [0.05, 0.1) is 37.5 Å². The largest absolute Gasteiger partial charge is 0.394 e. The van der Waals surface area contributed by atoms with Crippen molar-refractivity contribution >= 4 is 34.5 Å². The van der Waals surface area contributed by atoms with Gasteiger partial charge in [0, 0.05) is 17.7 Å². The van der Waals surface area contributed by atoms with Crippen molar-refractivity contribution in [2.75, 3.05) is 24.3 Å². The lowest BCUT2D eigenvalue weighted by Gasteiger charge is -2.17. The van der Waals surface area contributed by atoms with Gasteiger partial charge in [-0.1, -0.05) is 29.1 Å². The summed E-state index contributed by atoms with van der Waals surface area (Å²) in [6, 6.07) is 2.85. The summed E-state index contributed by atoms with van der Waals surface area (Å²) in [5, 5.41) is 46.2. The molecule has 15 heteroatoms. The predicted octanol–water partition coefficient (Wildman–Crippen LogP) is 1.61. The molecule has 1 aliphatic heterocycles. The first-order chi connectivity index (χ1) is 18.4. The van der Waals surface area contributed by atoms with E-state index in [9.17, 15) is 19.0 Å². The molecule has 204 valence electrons. The minimum atomic E-state index is -1.19. The maximum atomic E-state index is 13.7. The lowest BCUT2D eigenvalue weighted by molar-refractivity contribution is -0.0629. The Morgan fingerprint density at radius 2 is 2.05 bits per heavy atom. The van der Waals surface area contributed by atoms with E-state index in [2.05, 4.69) is 30.8 Å². The van der Waals surface area contributed by atoms with Crippen LogP contribution < -0.4 is 5.32 Å². The SMILES string of the molecule is CCCSc1nc(NC2CC(c3ccc(F)c(F)c3)=NO2)c2nnn([C@@H]3C[C@H](OCCO)[C@@H](O)[C@H]3O)c2n1. The number of ether oxygens (including phenoxy) is 1. The number of aromatic nitrogens is 5. The Bertz CT molecular complexity index is 1330. The van der Waals surface area contributed by atoms with Crippen LogP contribution in [0, 0.1) is 11.6 Å². The first-order valence-corrected chi connectivity index (χ1v) is 13.2. The minimum Gasteiger partial charge on any atom is -0.394 e. The number of anilines is 1. The van der Waals surface area contributed by atoms with E-state index in [0.29, 0.717) is 33.4 Å². The zero-order valence-corrected chi connectivity index (χ0v) is 21.2. The van der Waals surface area contributed by atoms with Crippen molar-refractivity contribution in [2.45, 2.75) is 61.9 Å². The highest BCUT2D eigenvalue weighted by molar-refractivity contribution is 7.99. The van der Waals surface area contributed by atoms with Crippen LogP contribution >= 0.6 is 11.8 Å². The summed E-state index contributed by atoms with van der Waals surface area (Å²) in [4.78, 5) is 14.7. The number of hydrogen-bond donors (Lipinski definition) is 4. The molecule has 12 nitrogen and oxygen atoms in total. The van der Waals surface area contributed by atoms with Crippen molar-refractivity contribution in [2.24, 2.45) is 5.16 Å². The fraction of sp³-hybridized carbons (Fsp3) is 0.522. The molecule has 2 aliphatic rings. The molecule has 3 aromatic rings. The predicted molar refractivity (Wildman–Crippen MR) is 133 cm³/mol. The third kappa shape index (κ3) is 5.29. The first-order valence-electron chi connectivity index (χ1n) is 12.2. The third-order valence-corrected chi connectivity index (χ3v) is 7.35. The second-order valence-electron chi connectivity index (χ2n) is 8.94. The topological polar surface area (TPSA) is 160 Å². The normalized spacial score (nSPS) is 25.1. The van der Waals surface area contributed by atoms with E-state index in [0.717, 1.165) is 24.3 Å². The van der Waals surface area contributed by atoms with Gasteiger partial charge in [0.1, 0.15) is 12.2 Å². The van der Waals surface area contributed by atoms with Crippen LogP contribution in [-0.2, 0) is 9.57 Å². The van der Waals surface area contributed by atoms with Gasteiger partial charge in [-0.05, 0) is 24.6 Å². The van der Waals surface area contributed by atoms with Gasteiger partial charge in [0.25, 0.3) is 0 Å². The van der Waals surface area contributed by atoms with Crippen molar-refractivity contribution in [3.05, 3.63) is 35.4 Å². The van der Waals surface area contributed by atoms with E-state index < -0.39 is 42.2 Å². The maximum Gasteiger partial charge on any atom is 0.204 e. The molecule has 1 aromatic carbocycles. The summed E-state index contributed by atoms with van der Waals surface area (Å²) in [5.41, 5.74) is 1.50. The van der Waals surface area contributed by atoms with E-state index in [1.165, 1.54) is 22.5 Å². The molecule has 0 spiro atoms. The van der Waals surface area contributed by atoms with Gasteiger partial charge in [0.2, 0.25) is 6.23 Å². The number of nitrogens with one attached hydrogen (secondary N) is 1. The number of halogens is 2. The molecule has 0 saturated heterocycles. The van der Waals surface area contributed by atoms with Gasteiger partial charge in [-0.15, -0.1) is 5.10 Å². The molecule has 1 aliphatic carbocycles. The molecule has 3 heterocycles. The molecule has 2 aromatic heterocycles. The average molecular weight is 552 g/mol. The third-order valence-electron chi connectivity index (χ3n) is 6.29. The molecule has 1 unspecified atom stereocenters. The van der Waals surface area contributed by atoms with Gasteiger partial charge in [-0.2, -0.15) is 0 Å². The van der Waals surface area contributed by atoms with Gasteiger partial charge < -0.3 is 30.2 Å². The van der Waals surface area contributed by atoms with Crippen LogP contribution in [0.4, 0.5) is 14.6 Å². The zero-order chi connectivity index (χ0) is 26.8. The van der Waals surface area contributed by atoms with Crippen molar-refractivity contribution < 1.29 is 33.7 Å². The lowest BCUT2D eigenvalue weighted by atomic mass is 10.1. The molecule has 1 fully saturated rings. The number of aliphatic hydroxyl groups is 3. The number of aliphatic hydroxyl groups excluding tert-OH is 3. The molecular formula is C23H27F2N7O5S. The number of rotatable bonds is 10. The minimum absolute atomic E-state index is 0.0311. The summed E-state index contributed by atoms with van der Waals surface area (Å²) in [6.45, 7) is 1.85. The summed E-state index contributed by atoms with van der Waals surface area (Å²) in [6.07, 6.45) is -2.33. The molecule has 0 amide bonds. The van der Waals surface area contributed by atoms with E-state index in [1.54, 1.807) is 0 Å². The second kappa shape index (κ2) is 11.4. The number of thioether (sulfide) groups is 1.